The van der Waals surface area contributed by atoms with E-state index in [1.54, 1.807) is 6.07 Å². The van der Waals surface area contributed by atoms with Gasteiger partial charge in [0.2, 0.25) is 17.8 Å². The highest BCUT2D eigenvalue weighted by Crippen LogP contribution is 2.31. The summed E-state index contributed by atoms with van der Waals surface area (Å²) in [6.07, 6.45) is 2.70. The fourth-order valence-corrected chi connectivity index (χ4v) is 4.81. The largest absolute Gasteiger partial charge is 0.342 e. The number of fused-ring (bicyclic) bond motifs is 1. The molecule has 3 N–H and O–H groups in total. The number of hydrogen-bond acceptors (Lipinski definition) is 5. The molecular formula is C26H26FN5O3. The van der Waals surface area contributed by atoms with Gasteiger partial charge >= 0.3 is 0 Å². The highest BCUT2D eigenvalue weighted by Gasteiger charge is 2.35. The molecule has 9 heteroatoms. The van der Waals surface area contributed by atoms with Crippen molar-refractivity contribution in [3.8, 4) is 0 Å². The average molecular weight is 476 g/mol. The molecule has 0 spiro atoms. The third-order valence-corrected chi connectivity index (χ3v) is 6.67. The highest BCUT2D eigenvalue weighted by molar-refractivity contribution is 6.04. The molecule has 3 heterocycles. The first-order valence-corrected chi connectivity index (χ1v) is 11.8. The van der Waals surface area contributed by atoms with Gasteiger partial charge in [-0.2, -0.15) is 4.98 Å². The Balaban J connectivity index is 1.32. The van der Waals surface area contributed by atoms with E-state index in [0.29, 0.717) is 11.9 Å². The maximum absolute atomic E-state index is 14.0. The molecule has 5 rings (SSSR count). The van der Waals surface area contributed by atoms with Crippen molar-refractivity contribution >= 4 is 29.3 Å². The number of amides is 2. The number of benzene rings is 2. The summed E-state index contributed by atoms with van der Waals surface area (Å²) in [6.45, 7) is 1.45. The SMILES string of the molecule is O=C1CC(C(=O)Nc2ccccc2F)c2c(nc(N3CCC(Cc4ccccc4)CC3)[nH]c2=O)N1. The summed E-state index contributed by atoms with van der Waals surface area (Å²) in [5.74, 6) is -1.71. The molecule has 2 amide bonds. The van der Waals surface area contributed by atoms with Crippen molar-refractivity contribution in [1.29, 1.82) is 0 Å². The Kier molecular flexibility index (Phi) is 6.31. The Hall–Kier alpha value is -4.01. The van der Waals surface area contributed by atoms with Crippen LogP contribution in [0.1, 0.15) is 36.3 Å². The van der Waals surface area contributed by atoms with Gasteiger partial charge in [0, 0.05) is 19.5 Å². The zero-order valence-corrected chi connectivity index (χ0v) is 19.1. The molecule has 1 unspecified atom stereocenters. The minimum atomic E-state index is -1.07. The molecule has 0 saturated carbocycles. The van der Waals surface area contributed by atoms with Crippen molar-refractivity contribution in [2.24, 2.45) is 5.92 Å². The first-order valence-electron chi connectivity index (χ1n) is 11.8. The Morgan fingerprint density at radius 3 is 2.51 bits per heavy atom. The number of hydrogen-bond donors (Lipinski definition) is 3. The third kappa shape index (κ3) is 4.94. The smallest absolute Gasteiger partial charge is 0.258 e. The third-order valence-electron chi connectivity index (χ3n) is 6.67. The van der Waals surface area contributed by atoms with E-state index in [1.807, 2.05) is 23.1 Å². The second-order valence-corrected chi connectivity index (χ2v) is 9.05. The molecular weight excluding hydrogens is 449 g/mol. The predicted molar refractivity (Wildman–Crippen MR) is 131 cm³/mol. The molecule has 35 heavy (non-hydrogen) atoms. The zero-order chi connectivity index (χ0) is 24.4. The van der Waals surface area contributed by atoms with E-state index in [4.69, 9.17) is 0 Å². The number of aromatic nitrogens is 2. The standard InChI is InChI=1S/C26H26FN5O3/c27-19-8-4-5-9-20(19)28-24(34)18-15-21(33)29-23-22(18)25(35)31-26(30-23)32-12-10-17(11-13-32)14-16-6-2-1-3-7-16/h1-9,17-18H,10-15H2,(H,28,34)(H2,29,30,31,33,35). The van der Waals surface area contributed by atoms with E-state index in [2.05, 4.69) is 32.7 Å². The lowest BCUT2D eigenvalue weighted by atomic mass is 9.90. The van der Waals surface area contributed by atoms with Crippen molar-refractivity contribution in [3.05, 3.63) is 81.9 Å². The molecule has 1 fully saturated rings. The first kappa shape index (κ1) is 22.8. The van der Waals surface area contributed by atoms with E-state index in [1.165, 1.54) is 23.8 Å². The number of H-pyrrole nitrogens is 1. The van der Waals surface area contributed by atoms with Crippen LogP contribution in [0, 0.1) is 11.7 Å². The molecule has 0 radical (unpaired) electrons. The number of aromatic amines is 1. The van der Waals surface area contributed by atoms with Gasteiger partial charge in [-0.15, -0.1) is 0 Å². The molecule has 2 aliphatic rings. The van der Waals surface area contributed by atoms with Crippen molar-refractivity contribution in [1.82, 2.24) is 9.97 Å². The number of halogens is 1. The maximum Gasteiger partial charge on any atom is 0.258 e. The van der Waals surface area contributed by atoms with E-state index in [9.17, 15) is 18.8 Å². The fourth-order valence-electron chi connectivity index (χ4n) is 4.81. The molecule has 0 aliphatic carbocycles. The quantitative estimate of drug-likeness (QED) is 0.524. The number of piperidine rings is 1. The van der Waals surface area contributed by atoms with Crippen LogP contribution in [0.4, 0.5) is 21.8 Å². The minimum absolute atomic E-state index is 0.00980. The van der Waals surface area contributed by atoms with Crippen LogP contribution in [0.25, 0.3) is 0 Å². The first-order chi connectivity index (χ1) is 17.0. The number of nitrogens with one attached hydrogen (secondary N) is 3. The van der Waals surface area contributed by atoms with Gasteiger partial charge in [-0.1, -0.05) is 42.5 Å². The van der Waals surface area contributed by atoms with Gasteiger partial charge in [-0.25, -0.2) is 4.39 Å². The molecule has 2 aliphatic heterocycles. The van der Waals surface area contributed by atoms with Crippen LogP contribution in [0.15, 0.2) is 59.4 Å². The summed E-state index contributed by atoms with van der Waals surface area (Å²) in [4.78, 5) is 47.6. The second-order valence-electron chi connectivity index (χ2n) is 9.05. The highest BCUT2D eigenvalue weighted by atomic mass is 19.1. The topological polar surface area (TPSA) is 107 Å². The number of rotatable bonds is 5. The Labute approximate surface area is 201 Å². The summed E-state index contributed by atoms with van der Waals surface area (Å²) >= 11 is 0. The van der Waals surface area contributed by atoms with Crippen LogP contribution in [0.2, 0.25) is 0 Å². The fraction of sp³-hybridized carbons (Fsp3) is 0.308. The number of carbonyl (C=O) groups is 2. The van der Waals surface area contributed by atoms with E-state index in [-0.39, 0.29) is 23.5 Å². The molecule has 1 saturated heterocycles. The van der Waals surface area contributed by atoms with Gasteiger partial charge in [0.15, 0.2) is 0 Å². The summed E-state index contributed by atoms with van der Waals surface area (Å²) < 4.78 is 14.0. The van der Waals surface area contributed by atoms with E-state index in [0.717, 1.165) is 32.4 Å². The lowest BCUT2D eigenvalue weighted by molar-refractivity contribution is -0.123. The lowest BCUT2D eigenvalue weighted by Crippen LogP contribution is -2.40. The average Bonchev–Trinajstić information content (AvgIpc) is 2.85. The summed E-state index contributed by atoms with van der Waals surface area (Å²) in [6, 6.07) is 16.1. The van der Waals surface area contributed by atoms with Crippen LogP contribution in [0.3, 0.4) is 0 Å². The van der Waals surface area contributed by atoms with Crippen LogP contribution >= 0.6 is 0 Å². The van der Waals surface area contributed by atoms with Gasteiger partial charge in [0.25, 0.3) is 5.56 Å². The van der Waals surface area contributed by atoms with Crippen molar-refractivity contribution in [2.45, 2.75) is 31.6 Å². The van der Waals surface area contributed by atoms with Crippen LogP contribution < -0.4 is 21.1 Å². The second kappa shape index (κ2) is 9.69. The van der Waals surface area contributed by atoms with Gasteiger partial charge in [-0.05, 0) is 42.9 Å². The number of para-hydroxylation sites is 1. The normalized spacial score (nSPS) is 18.0. The van der Waals surface area contributed by atoms with E-state index < -0.39 is 29.1 Å². The Morgan fingerprint density at radius 2 is 1.77 bits per heavy atom. The molecule has 180 valence electrons. The van der Waals surface area contributed by atoms with Crippen LogP contribution in [-0.2, 0) is 16.0 Å². The Bertz CT molecular complexity index is 1300. The number of nitrogens with zero attached hydrogens (tertiary/aromatic N) is 2. The molecule has 0 bridgehead atoms. The summed E-state index contributed by atoms with van der Waals surface area (Å²) in [5.41, 5.74) is 0.907. The molecule has 2 aromatic carbocycles. The van der Waals surface area contributed by atoms with Crippen molar-refractivity contribution in [3.63, 3.8) is 0 Å². The van der Waals surface area contributed by atoms with Crippen molar-refractivity contribution < 1.29 is 14.0 Å². The predicted octanol–water partition coefficient (Wildman–Crippen LogP) is 3.43. The molecule has 3 aromatic rings. The maximum atomic E-state index is 14.0. The monoisotopic (exact) mass is 475 g/mol. The van der Waals surface area contributed by atoms with Crippen molar-refractivity contribution in [2.75, 3.05) is 28.6 Å². The molecule has 8 nitrogen and oxygen atoms in total. The lowest BCUT2D eigenvalue weighted by Gasteiger charge is -2.33. The van der Waals surface area contributed by atoms with Gasteiger partial charge in [0.05, 0.1) is 17.2 Å². The van der Waals surface area contributed by atoms with Gasteiger partial charge in [0.1, 0.15) is 11.6 Å². The van der Waals surface area contributed by atoms with Crippen LogP contribution in [0.5, 0.6) is 0 Å². The Morgan fingerprint density at radius 1 is 1.06 bits per heavy atom. The summed E-state index contributed by atoms with van der Waals surface area (Å²) in [7, 11) is 0. The minimum Gasteiger partial charge on any atom is -0.342 e. The number of anilines is 3. The van der Waals surface area contributed by atoms with Gasteiger partial charge < -0.3 is 15.5 Å². The number of carbonyl (C=O) groups excluding carboxylic acids is 2. The molecule has 1 aromatic heterocycles. The van der Waals surface area contributed by atoms with E-state index >= 15 is 0 Å². The van der Waals surface area contributed by atoms with Gasteiger partial charge in [-0.3, -0.25) is 19.4 Å². The summed E-state index contributed by atoms with van der Waals surface area (Å²) in [5, 5.41) is 5.12. The van der Waals surface area contributed by atoms with Crippen LogP contribution in [-0.4, -0.2) is 34.9 Å². The molecule has 1 atom stereocenters. The zero-order valence-electron chi connectivity index (χ0n) is 19.1.